The van der Waals surface area contributed by atoms with Crippen LogP contribution in [0.5, 0.6) is 0 Å². The number of benzene rings is 1. The van der Waals surface area contributed by atoms with Crippen molar-refractivity contribution in [2.75, 3.05) is 0 Å². The van der Waals surface area contributed by atoms with Gasteiger partial charge in [-0.3, -0.25) is 10.2 Å². The van der Waals surface area contributed by atoms with Crippen LogP contribution in [0.15, 0.2) is 48.1 Å². The van der Waals surface area contributed by atoms with E-state index in [1.807, 2.05) is 5.43 Å². The van der Waals surface area contributed by atoms with Gasteiger partial charge in [-0.15, -0.1) is 0 Å². The zero-order valence-electron chi connectivity index (χ0n) is 11.2. The molecule has 1 amide bonds. The van der Waals surface area contributed by atoms with Crippen LogP contribution in [0.3, 0.4) is 0 Å². The molecule has 1 aliphatic carbocycles. The van der Waals surface area contributed by atoms with E-state index in [1.165, 1.54) is 18.2 Å². The zero-order valence-corrected chi connectivity index (χ0v) is 11.9. The summed E-state index contributed by atoms with van der Waals surface area (Å²) in [7, 11) is 0. The van der Waals surface area contributed by atoms with E-state index in [4.69, 9.17) is 17.4 Å². The maximum atomic E-state index is 12.9. The first-order valence-corrected chi connectivity index (χ1v) is 6.64. The molecule has 22 heavy (non-hydrogen) atoms. The number of carbonyl (C=O) groups is 1. The quantitative estimate of drug-likeness (QED) is 0.496. The Morgan fingerprint density at radius 1 is 1.32 bits per heavy atom. The van der Waals surface area contributed by atoms with Crippen molar-refractivity contribution in [3.8, 4) is 0 Å². The lowest BCUT2D eigenvalue weighted by molar-refractivity contribution is -0.137. The monoisotopic (exact) mass is 328 g/mol. The number of amides is 1. The number of rotatable bonds is 2. The van der Waals surface area contributed by atoms with Gasteiger partial charge >= 0.3 is 6.18 Å². The molecule has 0 aromatic heterocycles. The number of hydrogen-bond acceptors (Lipinski definition) is 2. The second kappa shape index (κ2) is 6.37. The van der Waals surface area contributed by atoms with Crippen LogP contribution in [-0.4, -0.2) is 5.91 Å². The van der Waals surface area contributed by atoms with Crippen LogP contribution in [0.25, 0.3) is 6.08 Å². The first-order valence-electron chi connectivity index (χ1n) is 6.26. The molecule has 0 heterocycles. The Hall–Kier alpha value is -2.05. The van der Waals surface area contributed by atoms with Crippen molar-refractivity contribution < 1.29 is 18.0 Å². The Kier molecular flexibility index (Phi) is 4.73. The normalized spacial score (nSPS) is 19.5. The van der Waals surface area contributed by atoms with Crippen molar-refractivity contribution in [2.24, 2.45) is 11.8 Å². The summed E-state index contributed by atoms with van der Waals surface area (Å²) in [5, 5.41) is -0.370. The number of halogens is 4. The van der Waals surface area contributed by atoms with Crippen LogP contribution in [0, 0.1) is 5.92 Å². The van der Waals surface area contributed by atoms with Crippen molar-refractivity contribution >= 4 is 23.6 Å². The molecule has 1 aromatic rings. The van der Waals surface area contributed by atoms with Crippen LogP contribution in [0.1, 0.15) is 11.1 Å². The molecular weight excluding hydrogens is 317 g/mol. The first-order chi connectivity index (χ1) is 10.3. The minimum Gasteiger partial charge on any atom is -0.293 e. The molecule has 116 valence electrons. The van der Waals surface area contributed by atoms with Crippen molar-refractivity contribution in [1.29, 1.82) is 0 Å². The summed E-state index contributed by atoms with van der Waals surface area (Å²) in [6.07, 6.45) is 3.55. The van der Waals surface area contributed by atoms with Gasteiger partial charge in [0, 0.05) is 0 Å². The van der Waals surface area contributed by atoms with E-state index in [2.05, 4.69) is 0 Å². The highest BCUT2D eigenvalue weighted by Gasteiger charge is 2.33. The van der Waals surface area contributed by atoms with Crippen LogP contribution >= 0.6 is 11.6 Å². The van der Waals surface area contributed by atoms with Gasteiger partial charge in [-0.2, -0.15) is 13.2 Å². The molecule has 2 rings (SSSR count). The van der Waals surface area contributed by atoms with Crippen molar-refractivity contribution in [2.45, 2.75) is 6.18 Å². The summed E-state index contributed by atoms with van der Waals surface area (Å²) in [4.78, 5) is 11.7. The molecule has 0 spiro atoms. The maximum Gasteiger partial charge on any atom is 0.417 e. The van der Waals surface area contributed by atoms with Gasteiger partial charge in [0.25, 0.3) is 0 Å². The molecule has 0 saturated heterocycles. The minimum atomic E-state index is -4.54. The summed E-state index contributed by atoms with van der Waals surface area (Å²) < 4.78 is 38.6. The average molecular weight is 329 g/mol. The number of hydrogen-bond donors (Lipinski definition) is 2. The molecule has 1 unspecified atom stereocenters. The Bertz CT molecular complexity index is 678. The second-order valence-corrected chi connectivity index (χ2v) is 5.02. The molecule has 0 aliphatic heterocycles. The van der Waals surface area contributed by atoms with Gasteiger partial charge in [0.2, 0.25) is 5.91 Å². The van der Waals surface area contributed by atoms with Gasteiger partial charge in [-0.05, 0) is 23.3 Å². The fraction of sp³-hybridized carbons (Fsp3) is 0.133. The number of carbonyl (C=O) groups excluding carboxylic acids is 1. The topological polar surface area (TPSA) is 55.1 Å². The van der Waals surface area contributed by atoms with Gasteiger partial charge < -0.3 is 0 Å². The SMILES string of the molecule is NNC(=O)C1C=CC=C/C1=C\c1ccc(Cl)c(C(F)(F)F)c1. The van der Waals surface area contributed by atoms with Gasteiger partial charge in [0.15, 0.2) is 0 Å². The third-order valence-electron chi connectivity index (χ3n) is 3.12. The van der Waals surface area contributed by atoms with Crippen molar-refractivity contribution in [3.05, 3.63) is 64.2 Å². The van der Waals surface area contributed by atoms with Gasteiger partial charge in [0.05, 0.1) is 16.5 Å². The van der Waals surface area contributed by atoms with Crippen molar-refractivity contribution in [1.82, 2.24) is 5.43 Å². The molecule has 1 aromatic carbocycles. The lowest BCUT2D eigenvalue weighted by Gasteiger charge is -2.16. The molecule has 1 atom stereocenters. The molecule has 1 aliphatic rings. The third-order valence-corrected chi connectivity index (χ3v) is 3.45. The lowest BCUT2D eigenvalue weighted by Crippen LogP contribution is -2.36. The Labute approximate surface area is 129 Å². The minimum absolute atomic E-state index is 0.293. The fourth-order valence-corrected chi connectivity index (χ4v) is 2.29. The highest BCUT2D eigenvalue weighted by molar-refractivity contribution is 6.31. The van der Waals surface area contributed by atoms with E-state index in [0.29, 0.717) is 11.1 Å². The van der Waals surface area contributed by atoms with Crippen molar-refractivity contribution in [3.63, 3.8) is 0 Å². The van der Waals surface area contributed by atoms with Crippen LogP contribution in [-0.2, 0) is 11.0 Å². The first kappa shape index (κ1) is 16.3. The van der Waals surface area contributed by atoms with Crippen LogP contribution in [0.2, 0.25) is 5.02 Å². The summed E-state index contributed by atoms with van der Waals surface area (Å²) in [6, 6.07) is 3.57. The lowest BCUT2D eigenvalue weighted by atomic mass is 9.92. The van der Waals surface area contributed by atoms with E-state index in [9.17, 15) is 18.0 Å². The predicted octanol–water partition coefficient (Wildman–Crippen LogP) is 3.47. The number of nitrogens with two attached hydrogens (primary N) is 1. The maximum absolute atomic E-state index is 12.9. The predicted molar refractivity (Wildman–Crippen MR) is 78.5 cm³/mol. The van der Waals surface area contributed by atoms with Gasteiger partial charge in [0.1, 0.15) is 0 Å². The number of nitrogens with one attached hydrogen (secondary N) is 1. The van der Waals surface area contributed by atoms with E-state index in [0.717, 1.165) is 6.07 Å². The fourth-order valence-electron chi connectivity index (χ4n) is 2.07. The van der Waals surface area contributed by atoms with Crippen LogP contribution < -0.4 is 11.3 Å². The standard InChI is InChI=1S/C15H12ClF3N2O/c16-13-6-5-9(8-12(13)15(17,18)19)7-10-3-1-2-4-11(10)14(22)21-20/h1-8,11H,20H2,(H,21,22)/b10-7+. The van der Waals surface area contributed by atoms with E-state index in [1.54, 1.807) is 24.3 Å². The Morgan fingerprint density at radius 2 is 2.05 bits per heavy atom. The largest absolute Gasteiger partial charge is 0.417 e. The summed E-state index contributed by atoms with van der Waals surface area (Å²) >= 11 is 5.58. The highest BCUT2D eigenvalue weighted by atomic mass is 35.5. The summed E-state index contributed by atoms with van der Waals surface area (Å²) in [5.41, 5.74) is 1.93. The van der Waals surface area contributed by atoms with E-state index in [-0.39, 0.29) is 5.02 Å². The molecule has 0 fully saturated rings. The van der Waals surface area contributed by atoms with Gasteiger partial charge in [-0.25, -0.2) is 5.84 Å². The zero-order chi connectivity index (χ0) is 16.3. The number of alkyl halides is 3. The van der Waals surface area contributed by atoms with Gasteiger partial charge in [-0.1, -0.05) is 48.0 Å². The number of hydrazine groups is 1. The molecule has 7 heteroatoms. The Balaban J connectivity index is 2.42. The van der Waals surface area contributed by atoms with E-state index < -0.39 is 23.6 Å². The highest BCUT2D eigenvalue weighted by Crippen LogP contribution is 2.35. The third kappa shape index (κ3) is 3.58. The molecule has 0 saturated carbocycles. The molecular formula is C15H12ClF3N2O. The Morgan fingerprint density at radius 3 is 2.68 bits per heavy atom. The smallest absolute Gasteiger partial charge is 0.293 e. The summed E-state index contributed by atoms with van der Waals surface area (Å²) in [5.74, 6) is 4.01. The molecule has 0 radical (unpaired) electrons. The molecule has 3 N–H and O–H groups in total. The number of allylic oxidation sites excluding steroid dienone is 3. The second-order valence-electron chi connectivity index (χ2n) is 4.61. The molecule has 0 bridgehead atoms. The molecule has 3 nitrogen and oxygen atoms in total. The summed E-state index contributed by atoms with van der Waals surface area (Å²) in [6.45, 7) is 0. The van der Waals surface area contributed by atoms with Crippen LogP contribution in [0.4, 0.5) is 13.2 Å². The average Bonchev–Trinajstić information content (AvgIpc) is 2.48. The van der Waals surface area contributed by atoms with E-state index >= 15 is 0 Å².